The first kappa shape index (κ1) is 15.6. The molecular weight excluding hydrogens is 266 g/mol. The fourth-order valence-electron chi connectivity index (χ4n) is 2.42. The Morgan fingerprint density at radius 2 is 2.10 bits per heavy atom. The summed E-state index contributed by atoms with van der Waals surface area (Å²) in [6.45, 7) is 2.42. The number of hydrogen-bond acceptors (Lipinski definition) is 3. The summed E-state index contributed by atoms with van der Waals surface area (Å²) in [7, 11) is 1.80. The van der Waals surface area contributed by atoms with Gasteiger partial charge < -0.3 is 14.7 Å². The normalized spacial score (nSPS) is 20.7. The van der Waals surface area contributed by atoms with Crippen molar-refractivity contribution >= 4 is 5.91 Å². The van der Waals surface area contributed by atoms with Crippen LogP contribution >= 0.6 is 0 Å². The van der Waals surface area contributed by atoms with Crippen LogP contribution in [-0.4, -0.2) is 41.8 Å². The number of benzene rings is 1. The molecule has 1 aromatic carbocycles. The van der Waals surface area contributed by atoms with Gasteiger partial charge in [0.25, 0.3) is 5.91 Å². The molecule has 1 N–H and O–H groups in total. The molecule has 0 spiro atoms. The van der Waals surface area contributed by atoms with Crippen molar-refractivity contribution in [3.05, 3.63) is 35.4 Å². The van der Waals surface area contributed by atoms with Crippen LogP contribution in [-0.2, 0) is 16.1 Å². The summed E-state index contributed by atoms with van der Waals surface area (Å²) in [6.07, 6.45) is 1.64. The van der Waals surface area contributed by atoms with Gasteiger partial charge >= 0.3 is 0 Å². The monoisotopic (exact) mass is 287 g/mol. The van der Waals surface area contributed by atoms with Crippen molar-refractivity contribution in [2.45, 2.75) is 38.5 Å². The van der Waals surface area contributed by atoms with Gasteiger partial charge in [-0.2, -0.15) is 0 Å². The van der Waals surface area contributed by atoms with Gasteiger partial charge in [-0.05, 0) is 37.5 Å². The molecule has 1 saturated heterocycles. The van der Waals surface area contributed by atoms with E-state index in [9.17, 15) is 4.79 Å². The zero-order valence-electron chi connectivity index (χ0n) is 12.5. The van der Waals surface area contributed by atoms with Crippen LogP contribution < -0.4 is 0 Å². The van der Waals surface area contributed by atoms with E-state index in [1.54, 1.807) is 11.9 Å². The fraction of sp³-hybridized carbons (Fsp3) is 0.471. The topological polar surface area (TPSA) is 49.8 Å². The number of aliphatic hydroxyl groups excluding tert-OH is 1. The van der Waals surface area contributed by atoms with E-state index in [0.29, 0.717) is 6.54 Å². The maximum atomic E-state index is 12.3. The molecule has 0 saturated carbocycles. The molecule has 2 unspecified atom stereocenters. The van der Waals surface area contributed by atoms with Gasteiger partial charge in [-0.1, -0.05) is 24.0 Å². The SMILES string of the molecule is CC1CCC(C(=O)N(C)Cc2ccc(C#CCO)cc2)O1. The molecule has 1 fully saturated rings. The third-order valence-electron chi connectivity index (χ3n) is 3.57. The number of carbonyl (C=O) groups is 1. The summed E-state index contributed by atoms with van der Waals surface area (Å²) in [4.78, 5) is 14.0. The highest BCUT2D eigenvalue weighted by molar-refractivity contribution is 5.80. The summed E-state index contributed by atoms with van der Waals surface area (Å²) in [5.74, 6) is 5.50. The molecule has 1 aromatic rings. The van der Waals surface area contributed by atoms with Crippen molar-refractivity contribution in [3.8, 4) is 11.8 Å². The highest BCUT2D eigenvalue weighted by Crippen LogP contribution is 2.21. The smallest absolute Gasteiger partial charge is 0.251 e. The number of likely N-dealkylation sites (N-methyl/N-ethyl adjacent to an activating group) is 1. The van der Waals surface area contributed by atoms with E-state index < -0.39 is 0 Å². The maximum Gasteiger partial charge on any atom is 0.251 e. The first-order chi connectivity index (χ1) is 10.1. The second-order valence-electron chi connectivity index (χ2n) is 5.36. The van der Waals surface area contributed by atoms with Gasteiger partial charge in [0.1, 0.15) is 12.7 Å². The lowest BCUT2D eigenvalue weighted by atomic mass is 10.1. The molecule has 1 amide bonds. The minimum Gasteiger partial charge on any atom is -0.384 e. The predicted molar refractivity (Wildman–Crippen MR) is 80.4 cm³/mol. The minimum absolute atomic E-state index is 0.0449. The molecule has 1 heterocycles. The molecule has 0 aromatic heterocycles. The molecule has 4 heteroatoms. The summed E-state index contributed by atoms with van der Waals surface area (Å²) < 4.78 is 5.61. The third kappa shape index (κ3) is 4.32. The Balaban J connectivity index is 1.93. The Labute approximate surface area is 125 Å². The number of ether oxygens (including phenoxy) is 1. The molecule has 2 atom stereocenters. The molecule has 2 rings (SSSR count). The molecule has 4 nitrogen and oxygen atoms in total. The van der Waals surface area contributed by atoms with Crippen LogP contribution in [0.5, 0.6) is 0 Å². The van der Waals surface area contributed by atoms with Crippen LogP contribution in [0.15, 0.2) is 24.3 Å². The average Bonchev–Trinajstić information content (AvgIpc) is 2.92. The minimum atomic E-state index is -0.292. The third-order valence-corrected chi connectivity index (χ3v) is 3.57. The van der Waals surface area contributed by atoms with Crippen molar-refractivity contribution in [2.24, 2.45) is 0 Å². The Morgan fingerprint density at radius 3 is 2.67 bits per heavy atom. The predicted octanol–water partition coefficient (Wildman–Crippen LogP) is 1.56. The number of nitrogens with zero attached hydrogens (tertiary/aromatic N) is 1. The van der Waals surface area contributed by atoms with E-state index in [2.05, 4.69) is 11.8 Å². The van der Waals surface area contributed by atoms with Crippen LogP contribution in [0.1, 0.15) is 30.9 Å². The number of aliphatic hydroxyl groups is 1. The van der Waals surface area contributed by atoms with Crippen LogP contribution in [0.2, 0.25) is 0 Å². The number of rotatable bonds is 3. The lowest BCUT2D eigenvalue weighted by Gasteiger charge is -2.21. The van der Waals surface area contributed by atoms with Gasteiger partial charge in [0.2, 0.25) is 0 Å². The Kier molecular flexibility index (Phi) is 5.38. The van der Waals surface area contributed by atoms with Gasteiger partial charge in [0, 0.05) is 19.2 Å². The van der Waals surface area contributed by atoms with E-state index in [-0.39, 0.29) is 24.7 Å². The highest BCUT2D eigenvalue weighted by atomic mass is 16.5. The molecule has 0 radical (unpaired) electrons. The van der Waals surface area contributed by atoms with Crippen LogP contribution in [0.4, 0.5) is 0 Å². The number of hydrogen-bond donors (Lipinski definition) is 1. The van der Waals surface area contributed by atoms with Crippen LogP contribution in [0, 0.1) is 11.8 Å². The van der Waals surface area contributed by atoms with Gasteiger partial charge in [-0.3, -0.25) is 4.79 Å². The quantitative estimate of drug-likeness (QED) is 0.858. The molecule has 0 bridgehead atoms. The standard InChI is InChI=1S/C17H21NO3/c1-13-5-10-16(21-13)17(20)18(2)12-15-8-6-14(7-9-15)4-3-11-19/h6-9,13,16,19H,5,10-12H2,1-2H3. The lowest BCUT2D eigenvalue weighted by molar-refractivity contribution is -0.141. The molecular formula is C17H21NO3. The van der Waals surface area contributed by atoms with Crippen molar-refractivity contribution in [2.75, 3.05) is 13.7 Å². The van der Waals surface area contributed by atoms with Gasteiger partial charge in [0.05, 0.1) is 6.10 Å². The first-order valence-corrected chi connectivity index (χ1v) is 7.19. The lowest BCUT2D eigenvalue weighted by Crippen LogP contribution is -2.35. The Bertz CT molecular complexity index is 541. The van der Waals surface area contributed by atoms with Gasteiger partial charge in [-0.15, -0.1) is 0 Å². The second-order valence-corrected chi connectivity index (χ2v) is 5.36. The molecule has 112 valence electrons. The number of amides is 1. The zero-order chi connectivity index (χ0) is 15.2. The maximum absolute atomic E-state index is 12.3. The Morgan fingerprint density at radius 1 is 1.38 bits per heavy atom. The van der Waals surface area contributed by atoms with E-state index in [4.69, 9.17) is 9.84 Å². The number of carbonyl (C=O) groups excluding carboxylic acids is 1. The first-order valence-electron chi connectivity index (χ1n) is 7.19. The van der Waals surface area contributed by atoms with Crippen molar-refractivity contribution in [3.63, 3.8) is 0 Å². The fourth-order valence-corrected chi connectivity index (χ4v) is 2.42. The van der Waals surface area contributed by atoms with Crippen molar-refractivity contribution < 1.29 is 14.6 Å². The van der Waals surface area contributed by atoms with E-state index >= 15 is 0 Å². The van der Waals surface area contributed by atoms with Crippen LogP contribution in [0.3, 0.4) is 0 Å². The Hall–Kier alpha value is -1.83. The second kappa shape index (κ2) is 7.26. The van der Waals surface area contributed by atoms with Crippen molar-refractivity contribution in [1.29, 1.82) is 0 Å². The molecule has 1 aliphatic rings. The van der Waals surface area contributed by atoms with Gasteiger partial charge in [0.15, 0.2) is 0 Å². The molecule has 0 aliphatic carbocycles. The van der Waals surface area contributed by atoms with Crippen molar-refractivity contribution in [1.82, 2.24) is 4.90 Å². The van der Waals surface area contributed by atoms with E-state index in [0.717, 1.165) is 24.0 Å². The van der Waals surface area contributed by atoms with Gasteiger partial charge in [-0.25, -0.2) is 0 Å². The van der Waals surface area contributed by atoms with E-state index in [1.807, 2.05) is 31.2 Å². The molecule has 21 heavy (non-hydrogen) atoms. The average molecular weight is 287 g/mol. The summed E-state index contributed by atoms with van der Waals surface area (Å²) in [5, 5.41) is 8.66. The highest BCUT2D eigenvalue weighted by Gasteiger charge is 2.30. The molecule has 1 aliphatic heterocycles. The summed E-state index contributed by atoms with van der Waals surface area (Å²) in [6, 6.07) is 7.68. The van der Waals surface area contributed by atoms with E-state index in [1.165, 1.54) is 0 Å². The van der Waals surface area contributed by atoms with Crippen LogP contribution in [0.25, 0.3) is 0 Å². The largest absolute Gasteiger partial charge is 0.384 e. The zero-order valence-corrected chi connectivity index (χ0v) is 12.5. The summed E-state index contributed by atoms with van der Waals surface area (Å²) >= 11 is 0. The summed E-state index contributed by atoms with van der Waals surface area (Å²) in [5.41, 5.74) is 1.90.